The number of hydrogen-bond acceptors (Lipinski definition) is 3. The Morgan fingerprint density at radius 1 is 1.30 bits per heavy atom. The van der Waals surface area contributed by atoms with E-state index >= 15 is 0 Å². The maximum Gasteiger partial charge on any atom is 0.224 e. The second-order valence-corrected chi connectivity index (χ2v) is 5.98. The molecule has 23 heavy (non-hydrogen) atoms. The van der Waals surface area contributed by atoms with Gasteiger partial charge in [0.1, 0.15) is 0 Å². The summed E-state index contributed by atoms with van der Waals surface area (Å²) in [5, 5.41) is 7.21. The number of para-hydroxylation sites is 1. The molecule has 5 heteroatoms. The van der Waals surface area contributed by atoms with Gasteiger partial charge in [-0.3, -0.25) is 4.79 Å². The lowest BCUT2D eigenvalue weighted by Gasteiger charge is -2.07. The molecule has 124 valence electrons. The van der Waals surface area contributed by atoms with Gasteiger partial charge in [-0.2, -0.15) is 5.10 Å². The normalized spacial score (nSPS) is 10.9. The van der Waals surface area contributed by atoms with E-state index in [1.54, 1.807) is 10.9 Å². The quantitative estimate of drug-likeness (QED) is 0.724. The standard InChI is InChI=1S/C18H25N3O2/c1-15(2)14-23-10-6-9-19-18(22)11-16-12-20-21(13-16)17-7-4-3-5-8-17/h3-5,7-8,12-13,15H,6,9-11,14H2,1-2H3,(H,19,22). The van der Waals surface area contributed by atoms with Gasteiger partial charge in [-0.15, -0.1) is 0 Å². The highest BCUT2D eigenvalue weighted by molar-refractivity contribution is 5.78. The summed E-state index contributed by atoms with van der Waals surface area (Å²) in [4.78, 5) is 11.9. The molecule has 0 fully saturated rings. The summed E-state index contributed by atoms with van der Waals surface area (Å²) in [6.07, 6.45) is 4.81. The van der Waals surface area contributed by atoms with Crippen molar-refractivity contribution in [2.24, 2.45) is 5.92 Å². The van der Waals surface area contributed by atoms with Crippen LogP contribution in [-0.2, 0) is 16.0 Å². The van der Waals surface area contributed by atoms with E-state index in [4.69, 9.17) is 4.74 Å². The van der Waals surface area contributed by atoms with Gasteiger partial charge < -0.3 is 10.1 Å². The van der Waals surface area contributed by atoms with Gasteiger partial charge in [0.2, 0.25) is 5.91 Å². The van der Waals surface area contributed by atoms with Crippen molar-refractivity contribution in [2.45, 2.75) is 26.7 Å². The highest BCUT2D eigenvalue weighted by Crippen LogP contribution is 2.08. The number of hydrogen-bond donors (Lipinski definition) is 1. The van der Waals surface area contributed by atoms with E-state index in [0.717, 1.165) is 24.3 Å². The molecule has 0 spiro atoms. The third-order valence-electron chi connectivity index (χ3n) is 3.26. The summed E-state index contributed by atoms with van der Waals surface area (Å²) in [6, 6.07) is 9.85. The summed E-state index contributed by atoms with van der Waals surface area (Å²) >= 11 is 0. The van der Waals surface area contributed by atoms with Crippen LogP contribution in [0.3, 0.4) is 0 Å². The highest BCUT2D eigenvalue weighted by atomic mass is 16.5. The van der Waals surface area contributed by atoms with Crippen molar-refractivity contribution in [2.75, 3.05) is 19.8 Å². The zero-order chi connectivity index (χ0) is 16.5. The van der Waals surface area contributed by atoms with Crippen LogP contribution in [0.15, 0.2) is 42.7 Å². The van der Waals surface area contributed by atoms with E-state index < -0.39 is 0 Å². The Balaban J connectivity index is 1.69. The van der Waals surface area contributed by atoms with E-state index in [1.165, 1.54) is 0 Å². The summed E-state index contributed by atoms with van der Waals surface area (Å²) in [7, 11) is 0. The minimum Gasteiger partial charge on any atom is -0.381 e. The zero-order valence-corrected chi connectivity index (χ0v) is 13.9. The predicted molar refractivity (Wildman–Crippen MR) is 90.6 cm³/mol. The minimum atomic E-state index is 0.0153. The molecule has 1 heterocycles. The lowest BCUT2D eigenvalue weighted by atomic mass is 10.2. The van der Waals surface area contributed by atoms with Crippen LogP contribution in [0, 0.1) is 5.92 Å². The number of nitrogens with zero attached hydrogens (tertiary/aromatic N) is 2. The molecule has 1 amide bonds. The maximum absolute atomic E-state index is 11.9. The molecular weight excluding hydrogens is 290 g/mol. The molecule has 1 aromatic heterocycles. The van der Waals surface area contributed by atoms with E-state index in [0.29, 0.717) is 25.5 Å². The van der Waals surface area contributed by atoms with Crippen LogP contribution in [-0.4, -0.2) is 35.4 Å². The lowest BCUT2D eigenvalue weighted by Crippen LogP contribution is -2.26. The smallest absolute Gasteiger partial charge is 0.224 e. The van der Waals surface area contributed by atoms with Crippen LogP contribution < -0.4 is 5.32 Å². The van der Waals surface area contributed by atoms with Crippen molar-refractivity contribution < 1.29 is 9.53 Å². The number of carbonyl (C=O) groups excluding carboxylic acids is 1. The Hall–Kier alpha value is -2.14. The minimum absolute atomic E-state index is 0.0153. The molecule has 0 saturated carbocycles. The number of benzene rings is 1. The Bertz CT molecular complexity index is 593. The molecule has 0 unspecified atom stereocenters. The predicted octanol–water partition coefficient (Wildman–Crippen LogP) is 2.59. The maximum atomic E-state index is 11.9. The zero-order valence-electron chi connectivity index (χ0n) is 13.9. The molecule has 1 aromatic carbocycles. The van der Waals surface area contributed by atoms with Gasteiger partial charge in [-0.25, -0.2) is 4.68 Å². The molecule has 2 rings (SSSR count). The third kappa shape index (κ3) is 6.24. The van der Waals surface area contributed by atoms with Crippen LogP contribution in [0.5, 0.6) is 0 Å². The van der Waals surface area contributed by atoms with Gasteiger partial charge in [0.15, 0.2) is 0 Å². The van der Waals surface area contributed by atoms with Gasteiger partial charge in [0.25, 0.3) is 0 Å². The SMILES string of the molecule is CC(C)COCCCNC(=O)Cc1cnn(-c2ccccc2)c1. The van der Waals surface area contributed by atoms with Crippen LogP contribution in [0.4, 0.5) is 0 Å². The second kappa shape index (κ2) is 9.10. The van der Waals surface area contributed by atoms with Gasteiger partial charge in [0, 0.05) is 26.0 Å². The highest BCUT2D eigenvalue weighted by Gasteiger charge is 2.06. The van der Waals surface area contributed by atoms with Crippen molar-refractivity contribution in [1.82, 2.24) is 15.1 Å². The van der Waals surface area contributed by atoms with Crippen LogP contribution in [0.1, 0.15) is 25.8 Å². The monoisotopic (exact) mass is 315 g/mol. The first-order valence-corrected chi connectivity index (χ1v) is 8.08. The largest absolute Gasteiger partial charge is 0.381 e. The van der Waals surface area contributed by atoms with Gasteiger partial charge >= 0.3 is 0 Å². The fourth-order valence-electron chi connectivity index (χ4n) is 2.14. The number of nitrogens with one attached hydrogen (secondary N) is 1. The lowest BCUT2D eigenvalue weighted by molar-refractivity contribution is -0.120. The number of rotatable bonds is 9. The number of ether oxygens (including phenoxy) is 1. The molecule has 0 aliphatic carbocycles. The average Bonchev–Trinajstić information content (AvgIpc) is 3.00. The first-order chi connectivity index (χ1) is 11.1. The molecule has 0 saturated heterocycles. The number of carbonyl (C=O) groups is 1. The van der Waals surface area contributed by atoms with E-state index in [2.05, 4.69) is 24.3 Å². The first-order valence-electron chi connectivity index (χ1n) is 8.08. The molecule has 0 atom stereocenters. The van der Waals surface area contributed by atoms with E-state index in [-0.39, 0.29) is 5.91 Å². The number of aromatic nitrogens is 2. The molecule has 2 aromatic rings. The van der Waals surface area contributed by atoms with Gasteiger partial charge in [-0.05, 0) is 30.0 Å². The van der Waals surface area contributed by atoms with Gasteiger partial charge in [0.05, 0.1) is 18.3 Å². The van der Waals surface area contributed by atoms with Crippen LogP contribution in [0.2, 0.25) is 0 Å². The van der Waals surface area contributed by atoms with Crippen molar-refractivity contribution >= 4 is 5.91 Å². The Morgan fingerprint density at radius 3 is 2.83 bits per heavy atom. The summed E-state index contributed by atoms with van der Waals surface area (Å²) < 4.78 is 7.26. The van der Waals surface area contributed by atoms with Crippen molar-refractivity contribution in [1.29, 1.82) is 0 Å². The molecule has 0 aliphatic heterocycles. The Labute approximate surface area is 137 Å². The molecule has 5 nitrogen and oxygen atoms in total. The van der Waals surface area contributed by atoms with Crippen molar-refractivity contribution in [3.05, 3.63) is 48.3 Å². The first kappa shape index (κ1) is 17.2. The summed E-state index contributed by atoms with van der Waals surface area (Å²) in [5.41, 5.74) is 1.89. The Morgan fingerprint density at radius 2 is 2.09 bits per heavy atom. The Kier molecular flexibility index (Phi) is 6.81. The topological polar surface area (TPSA) is 56.1 Å². The fraction of sp³-hybridized carbons (Fsp3) is 0.444. The van der Waals surface area contributed by atoms with Crippen molar-refractivity contribution in [3.63, 3.8) is 0 Å². The van der Waals surface area contributed by atoms with Gasteiger partial charge in [-0.1, -0.05) is 32.0 Å². The van der Waals surface area contributed by atoms with Crippen molar-refractivity contribution in [3.8, 4) is 5.69 Å². The molecule has 0 radical (unpaired) electrons. The summed E-state index contributed by atoms with van der Waals surface area (Å²) in [6.45, 7) is 6.34. The molecule has 0 aliphatic rings. The molecule has 1 N–H and O–H groups in total. The molecule has 0 bridgehead atoms. The molecular formula is C18H25N3O2. The van der Waals surface area contributed by atoms with E-state index in [1.807, 2.05) is 36.5 Å². The second-order valence-electron chi connectivity index (χ2n) is 5.98. The van der Waals surface area contributed by atoms with E-state index in [9.17, 15) is 4.79 Å². The summed E-state index contributed by atoms with van der Waals surface area (Å²) in [5.74, 6) is 0.562. The average molecular weight is 315 g/mol. The van der Waals surface area contributed by atoms with Crippen LogP contribution in [0.25, 0.3) is 5.69 Å². The van der Waals surface area contributed by atoms with Crippen LogP contribution >= 0.6 is 0 Å². The third-order valence-corrected chi connectivity index (χ3v) is 3.26. The number of amides is 1. The fourth-order valence-corrected chi connectivity index (χ4v) is 2.14.